The Balaban J connectivity index is 1.87. The molecule has 7 nitrogen and oxygen atoms in total. The van der Waals surface area contributed by atoms with Crippen LogP contribution in [0, 0.1) is 0 Å². The molecule has 0 fully saturated rings. The lowest BCUT2D eigenvalue weighted by Gasteiger charge is -2.23. The molecule has 5 rings (SSSR count). The summed E-state index contributed by atoms with van der Waals surface area (Å²) < 4.78 is 7.04. The molecule has 7 heteroatoms. The number of rotatable bonds is 3. The largest absolute Gasteiger partial charge is 0.507 e. The number of aromatic amines is 1. The molecule has 1 aromatic heterocycles. The van der Waals surface area contributed by atoms with Gasteiger partial charge in [0.15, 0.2) is 0 Å². The maximum Gasteiger partial charge on any atom is 0.415 e. The second-order valence-electron chi connectivity index (χ2n) is 7.33. The monoisotopic (exact) mass is 402 g/mol. The van der Waals surface area contributed by atoms with Gasteiger partial charge in [-0.2, -0.15) is 4.57 Å². The summed E-state index contributed by atoms with van der Waals surface area (Å²) in [5.74, 6) is 0.644. The Morgan fingerprint density at radius 2 is 1.90 bits per heavy atom. The molecule has 3 N–H and O–H groups in total. The summed E-state index contributed by atoms with van der Waals surface area (Å²) in [6.45, 7) is 2.42. The fourth-order valence-corrected chi connectivity index (χ4v) is 4.34. The van der Waals surface area contributed by atoms with E-state index in [4.69, 9.17) is 4.74 Å². The van der Waals surface area contributed by atoms with Crippen molar-refractivity contribution in [2.75, 3.05) is 6.61 Å². The van der Waals surface area contributed by atoms with Gasteiger partial charge < -0.3 is 9.84 Å². The number of ether oxygens (including phenoxy) is 1. The number of aliphatic hydroxyl groups is 1. The molecule has 0 amide bonds. The van der Waals surface area contributed by atoms with Crippen molar-refractivity contribution in [2.24, 2.45) is 7.05 Å². The summed E-state index contributed by atoms with van der Waals surface area (Å²) in [5, 5.41) is 11.1. The molecule has 1 aliphatic carbocycles. The minimum atomic E-state index is -0.570. The highest BCUT2D eigenvalue weighted by Gasteiger charge is 2.43. The van der Waals surface area contributed by atoms with Crippen LogP contribution >= 0.6 is 0 Å². The third kappa shape index (κ3) is 2.48. The van der Waals surface area contributed by atoms with Crippen molar-refractivity contribution in [3.8, 4) is 5.75 Å². The van der Waals surface area contributed by atoms with Gasteiger partial charge in [0.1, 0.15) is 22.8 Å². The molecule has 2 heterocycles. The molecule has 1 unspecified atom stereocenters. The first-order valence-corrected chi connectivity index (χ1v) is 9.74. The Hall–Kier alpha value is -3.87. The van der Waals surface area contributed by atoms with Crippen molar-refractivity contribution in [1.29, 1.82) is 0 Å². The summed E-state index contributed by atoms with van der Waals surface area (Å²) in [5.41, 5.74) is 3.01. The van der Waals surface area contributed by atoms with Crippen LogP contribution in [0.1, 0.15) is 35.1 Å². The Kier molecular flexibility index (Phi) is 3.99. The molecule has 2 aliphatic rings. The molecular weight excluding hydrogens is 382 g/mol. The topological polar surface area (TPSA) is 98.3 Å². The number of hydrogen-bond donors (Lipinski definition) is 3. The van der Waals surface area contributed by atoms with Crippen LogP contribution in [0.25, 0.3) is 5.76 Å². The highest BCUT2D eigenvalue weighted by Crippen LogP contribution is 2.43. The van der Waals surface area contributed by atoms with Crippen molar-refractivity contribution < 1.29 is 14.8 Å². The third-order valence-electron chi connectivity index (χ3n) is 5.66. The Morgan fingerprint density at radius 3 is 2.67 bits per heavy atom. The predicted octanol–water partition coefficient (Wildman–Crippen LogP) is 1.10. The lowest BCUT2D eigenvalue weighted by molar-refractivity contribution is -0.364. The Bertz CT molecular complexity index is 1380. The van der Waals surface area contributed by atoms with Gasteiger partial charge in [0, 0.05) is 11.1 Å². The van der Waals surface area contributed by atoms with Gasteiger partial charge >= 0.3 is 5.69 Å². The zero-order valence-electron chi connectivity index (χ0n) is 16.5. The van der Waals surface area contributed by atoms with E-state index in [-0.39, 0.29) is 5.76 Å². The normalized spacial score (nSPS) is 16.6. The van der Waals surface area contributed by atoms with E-state index in [1.165, 1.54) is 4.57 Å². The third-order valence-corrected chi connectivity index (χ3v) is 5.66. The molecule has 0 radical (unpaired) electrons. The van der Waals surface area contributed by atoms with Crippen molar-refractivity contribution >= 4 is 17.3 Å². The minimum Gasteiger partial charge on any atom is -0.507 e. The molecule has 0 spiro atoms. The lowest BCUT2D eigenvalue weighted by Crippen LogP contribution is -2.72. The second-order valence-corrected chi connectivity index (χ2v) is 7.33. The van der Waals surface area contributed by atoms with Crippen molar-refractivity contribution in [2.45, 2.75) is 12.8 Å². The van der Waals surface area contributed by atoms with E-state index < -0.39 is 17.2 Å². The SMILES string of the molecule is CCOc1cccc(C2C3=C(O)c4ccccc4C3=[NH+]c3c2c(=O)[nH]c(=O)n3C)c1. The van der Waals surface area contributed by atoms with Crippen LogP contribution in [0.5, 0.6) is 5.75 Å². The lowest BCUT2D eigenvalue weighted by atomic mass is 9.81. The predicted molar refractivity (Wildman–Crippen MR) is 112 cm³/mol. The van der Waals surface area contributed by atoms with Crippen LogP contribution in [0.3, 0.4) is 0 Å². The number of fused-ring (bicyclic) bond motifs is 4. The second kappa shape index (κ2) is 6.59. The van der Waals surface area contributed by atoms with Crippen molar-refractivity contribution in [1.82, 2.24) is 9.55 Å². The fourth-order valence-electron chi connectivity index (χ4n) is 4.34. The summed E-state index contributed by atoms with van der Waals surface area (Å²) in [6.07, 6.45) is 0. The van der Waals surface area contributed by atoms with E-state index in [2.05, 4.69) is 9.98 Å². The van der Waals surface area contributed by atoms with Crippen molar-refractivity contribution in [3.05, 3.63) is 97.2 Å². The van der Waals surface area contributed by atoms with E-state index in [1.807, 2.05) is 55.5 Å². The van der Waals surface area contributed by atoms with Crippen LogP contribution in [0.2, 0.25) is 0 Å². The number of benzene rings is 2. The van der Waals surface area contributed by atoms with Crippen LogP contribution in [0.15, 0.2) is 63.7 Å². The van der Waals surface area contributed by atoms with Crippen LogP contribution in [-0.4, -0.2) is 27.0 Å². The van der Waals surface area contributed by atoms with Gasteiger partial charge in [0.25, 0.3) is 11.4 Å². The zero-order chi connectivity index (χ0) is 21.0. The summed E-state index contributed by atoms with van der Waals surface area (Å²) in [7, 11) is 1.60. The molecule has 150 valence electrons. The molecule has 3 aromatic rings. The van der Waals surface area contributed by atoms with Crippen LogP contribution in [-0.2, 0) is 7.05 Å². The van der Waals surface area contributed by atoms with Gasteiger partial charge in [-0.15, -0.1) is 0 Å². The molecule has 2 aromatic carbocycles. The molecule has 0 bridgehead atoms. The summed E-state index contributed by atoms with van der Waals surface area (Å²) >= 11 is 0. The Morgan fingerprint density at radius 1 is 1.13 bits per heavy atom. The van der Waals surface area contributed by atoms with E-state index in [0.29, 0.717) is 40.6 Å². The van der Waals surface area contributed by atoms with E-state index in [9.17, 15) is 14.7 Å². The van der Waals surface area contributed by atoms with Gasteiger partial charge in [-0.25, -0.2) is 9.79 Å². The number of aromatic nitrogens is 2. The zero-order valence-corrected chi connectivity index (χ0v) is 16.5. The maximum absolute atomic E-state index is 12.9. The van der Waals surface area contributed by atoms with Crippen LogP contribution < -0.4 is 21.0 Å². The molecule has 1 aliphatic heterocycles. The fraction of sp³-hybridized carbons (Fsp3) is 0.174. The van der Waals surface area contributed by atoms with E-state index in [1.54, 1.807) is 7.05 Å². The van der Waals surface area contributed by atoms with Gasteiger partial charge in [-0.05, 0) is 30.7 Å². The van der Waals surface area contributed by atoms with E-state index in [0.717, 1.165) is 11.1 Å². The molecule has 30 heavy (non-hydrogen) atoms. The number of aliphatic hydroxyl groups excluding tert-OH is 1. The number of H-pyrrole nitrogens is 1. The van der Waals surface area contributed by atoms with Gasteiger partial charge in [0.05, 0.1) is 25.1 Å². The summed E-state index contributed by atoms with van der Waals surface area (Å²) in [6, 6.07) is 15.0. The quantitative estimate of drug-likeness (QED) is 0.611. The maximum atomic E-state index is 12.9. The number of hydrogen-bond acceptors (Lipinski definition) is 4. The average molecular weight is 402 g/mol. The minimum absolute atomic E-state index is 0.124. The van der Waals surface area contributed by atoms with Crippen molar-refractivity contribution in [3.63, 3.8) is 0 Å². The standard InChI is InChI=1S/C23H19N3O4/c1-3-30-13-8-6-7-12(11-13)16-17-19(14-9-4-5-10-15(14)20(17)27)24-21-18(16)22(28)25-23(29)26(21)2/h4-11,16,27H,3H2,1-2H3,(H,25,28,29)/p+1. The number of allylic oxidation sites excluding steroid dienone is 1. The summed E-state index contributed by atoms with van der Waals surface area (Å²) in [4.78, 5) is 30.9. The van der Waals surface area contributed by atoms with Crippen LogP contribution in [0.4, 0.5) is 5.82 Å². The smallest absolute Gasteiger partial charge is 0.415 e. The average Bonchev–Trinajstić information content (AvgIpc) is 3.03. The van der Waals surface area contributed by atoms with Gasteiger partial charge in [0.2, 0.25) is 0 Å². The molecular formula is C23H20N3O4+. The first kappa shape index (κ1) is 18.2. The Labute approximate surface area is 171 Å². The first-order chi connectivity index (χ1) is 14.5. The molecule has 0 saturated heterocycles. The molecule has 1 atom stereocenters. The van der Waals surface area contributed by atoms with E-state index >= 15 is 0 Å². The number of nitrogens with one attached hydrogen (secondary N) is 2. The van der Waals surface area contributed by atoms with Gasteiger partial charge in [-0.1, -0.05) is 30.3 Å². The molecule has 0 saturated carbocycles. The van der Waals surface area contributed by atoms with Gasteiger partial charge in [-0.3, -0.25) is 9.78 Å². The number of nitrogens with zero attached hydrogens (tertiary/aromatic N) is 1. The first-order valence-electron chi connectivity index (χ1n) is 9.74. The highest BCUT2D eigenvalue weighted by molar-refractivity contribution is 6.21. The highest BCUT2D eigenvalue weighted by atomic mass is 16.5.